The van der Waals surface area contributed by atoms with Crippen molar-refractivity contribution in [1.29, 1.82) is 0 Å². The molecule has 1 saturated carbocycles. The lowest BCUT2D eigenvalue weighted by molar-refractivity contribution is 0.334. The fourth-order valence-electron chi connectivity index (χ4n) is 3.30. The summed E-state index contributed by atoms with van der Waals surface area (Å²) in [6, 6.07) is 11.6. The van der Waals surface area contributed by atoms with Crippen LogP contribution in [-0.2, 0) is 0 Å². The zero-order chi connectivity index (χ0) is 22.2. The predicted octanol–water partition coefficient (Wildman–Crippen LogP) is 6.50. The van der Waals surface area contributed by atoms with Crippen molar-refractivity contribution in [1.82, 2.24) is 0 Å². The third-order valence-electron chi connectivity index (χ3n) is 5.30. The van der Waals surface area contributed by atoms with Gasteiger partial charge in [0.05, 0.1) is 5.69 Å². The maximum atomic E-state index is 15.4. The van der Waals surface area contributed by atoms with Gasteiger partial charge in [-0.05, 0) is 55.7 Å². The van der Waals surface area contributed by atoms with E-state index in [-0.39, 0.29) is 12.4 Å². The lowest BCUT2D eigenvalue weighted by Crippen LogP contribution is -2.13. The Hall–Kier alpha value is -2.86. The number of nitrogens with zero attached hydrogens (tertiary/aromatic N) is 2. The largest absolute Gasteiger partial charge is 0.485 e. The van der Waals surface area contributed by atoms with E-state index in [9.17, 15) is 0 Å². The first-order chi connectivity index (χ1) is 15.0. The molecule has 0 heterocycles. The number of ether oxygens (including phenoxy) is 1. The van der Waals surface area contributed by atoms with Crippen molar-refractivity contribution in [3.63, 3.8) is 0 Å². The number of rotatable bonds is 9. The fraction of sp³-hybridized carbons (Fsp3) is 0.280. The van der Waals surface area contributed by atoms with Gasteiger partial charge >= 0.3 is 0 Å². The summed E-state index contributed by atoms with van der Waals surface area (Å²) in [5.74, 6) is 0.539. The molecule has 1 aliphatic carbocycles. The number of halogens is 1. The van der Waals surface area contributed by atoms with Crippen molar-refractivity contribution in [2.75, 3.05) is 12.9 Å². The average Bonchev–Trinajstić information content (AvgIpc) is 2.75. The summed E-state index contributed by atoms with van der Waals surface area (Å²) in [5, 5.41) is 0. The number of benzene rings is 2. The van der Waals surface area contributed by atoms with E-state index in [0.29, 0.717) is 22.9 Å². The van der Waals surface area contributed by atoms with Crippen LogP contribution in [0.3, 0.4) is 0 Å². The van der Waals surface area contributed by atoms with Gasteiger partial charge in [-0.2, -0.15) is 0 Å². The highest BCUT2D eigenvalue weighted by Crippen LogP contribution is 2.43. The number of nitrogens with two attached hydrogens (primary N) is 1. The molecule has 2 N–H and O–H groups in total. The standard InChI is InChI=1S/C25H28FN3OS/c1-4-23(27)29-16-17(2)19-12-13-20(18-8-7-9-18)25(24(19)26)30-15-14-28-21-10-5-6-11-22(21)31-3/h4-6,10-14,16,18H,2,7-9,15,27H2,1,3H3/b23-4-,28-14?,29-16?. The summed E-state index contributed by atoms with van der Waals surface area (Å²) in [4.78, 5) is 9.66. The Bertz CT molecular complexity index is 1030. The van der Waals surface area contributed by atoms with Crippen LogP contribution >= 0.6 is 11.8 Å². The van der Waals surface area contributed by atoms with Gasteiger partial charge in [-0.1, -0.05) is 37.3 Å². The van der Waals surface area contributed by atoms with Gasteiger partial charge in [0.1, 0.15) is 12.4 Å². The summed E-state index contributed by atoms with van der Waals surface area (Å²) < 4.78 is 21.3. The van der Waals surface area contributed by atoms with Crippen LogP contribution in [0.4, 0.5) is 10.1 Å². The molecular weight excluding hydrogens is 409 g/mol. The number of hydrogen-bond acceptors (Lipinski definition) is 5. The molecular formula is C25H28FN3OS. The second-order valence-corrected chi connectivity index (χ2v) is 8.11. The van der Waals surface area contributed by atoms with E-state index in [4.69, 9.17) is 10.5 Å². The molecule has 0 saturated heterocycles. The first kappa shape index (κ1) is 22.8. The van der Waals surface area contributed by atoms with Crippen LogP contribution in [0.1, 0.15) is 43.2 Å². The number of hydrogen-bond donors (Lipinski definition) is 1. The first-order valence-electron chi connectivity index (χ1n) is 10.3. The average molecular weight is 438 g/mol. The normalized spacial score (nSPS) is 14.9. The molecule has 4 nitrogen and oxygen atoms in total. The van der Waals surface area contributed by atoms with Crippen molar-refractivity contribution in [3.8, 4) is 5.75 Å². The van der Waals surface area contributed by atoms with Gasteiger partial charge in [-0.25, -0.2) is 9.38 Å². The number of thioether (sulfide) groups is 1. The van der Waals surface area contributed by atoms with E-state index in [1.165, 1.54) is 6.21 Å². The minimum Gasteiger partial charge on any atom is -0.485 e. The zero-order valence-electron chi connectivity index (χ0n) is 18.0. The van der Waals surface area contributed by atoms with E-state index in [2.05, 4.69) is 16.6 Å². The SMILES string of the molecule is C=C(C=N/C(N)=C\C)c1ccc(C2CCC2)c(OCC=Nc2ccccc2SC)c1F. The highest BCUT2D eigenvalue weighted by atomic mass is 32.2. The van der Waals surface area contributed by atoms with Crippen LogP contribution < -0.4 is 10.5 Å². The fourth-order valence-corrected chi connectivity index (χ4v) is 3.84. The van der Waals surface area contributed by atoms with Crippen molar-refractivity contribution in [2.24, 2.45) is 15.7 Å². The zero-order valence-corrected chi connectivity index (χ0v) is 18.8. The van der Waals surface area contributed by atoms with Gasteiger partial charge < -0.3 is 10.5 Å². The van der Waals surface area contributed by atoms with Gasteiger partial charge in [0.25, 0.3) is 0 Å². The molecule has 1 aliphatic rings. The molecule has 162 valence electrons. The van der Waals surface area contributed by atoms with Crippen LogP contribution in [0.2, 0.25) is 0 Å². The molecule has 1 fully saturated rings. The maximum absolute atomic E-state index is 15.4. The maximum Gasteiger partial charge on any atom is 0.173 e. The molecule has 0 aromatic heterocycles. The topological polar surface area (TPSA) is 60.0 Å². The second-order valence-electron chi connectivity index (χ2n) is 7.26. The van der Waals surface area contributed by atoms with Crippen LogP contribution in [0, 0.1) is 5.82 Å². The molecule has 0 spiro atoms. The lowest BCUT2D eigenvalue weighted by atomic mass is 9.79. The molecule has 0 bridgehead atoms. The summed E-state index contributed by atoms with van der Waals surface area (Å²) in [6.45, 7) is 5.90. The molecule has 6 heteroatoms. The molecule has 0 aliphatic heterocycles. The van der Waals surface area contributed by atoms with Crippen LogP contribution in [0.5, 0.6) is 5.75 Å². The lowest BCUT2D eigenvalue weighted by Gasteiger charge is -2.28. The predicted molar refractivity (Wildman–Crippen MR) is 130 cm³/mol. The van der Waals surface area contributed by atoms with Crippen molar-refractivity contribution in [3.05, 3.63) is 71.8 Å². The molecule has 31 heavy (non-hydrogen) atoms. The Morgan fingerprint density at radius 2 is 2.06 bits per heavy atom. The number of para-hydroxylation sites is 1. The Morgan fingerprint density at radius 3 is 2.74 bits per heavy atom. The minimum absolute atomic E-state index is 0.175. The first-order valence-corrected chi connectivity index (χ1v) is 11.5. The summed E-state index contributed by atoms with van der Waals surface area (Å²) >= 11 is 1.63. The van der Waals surface area contributed by atoms with Crippen LogP contribution in [-0.4, -0.2) is 25.3 Å². The van der Waals surface area contributed by atoms with Crippen LogP contribution in [0.15, 0.2) is 69.8 Å². The van der Waals surface area contributed by atoms with Crippen LogP contribution in [0.25, 0.3) is 5.57 Å². The van der Waals surface area contributed by atoms with Crippen molar-refractivity contribution >= 4 is 35.5 Å². The minimum atomic E-state index is -0.419. The Morgan fingerprint density at radius 1 is 1.29 bits per heavy atom. The molecule has 2 aromatic rings. The summed E-state index contributed by atoms with van der Waals surface area (Å²) in [6.07, 6.45) is 10.1. The molecule has 0 unspecified atom stereocenters. The smallest absolute Gasteiger partial charge is 0.173 e. The number of aliphatic imine (C=N–C) groups is 2. The van der Waals surface area contributed by atoms with E-state index < -0.39 is 5.82 Å². The number of allylic oxidation sites excluding steroid dienone is 2. The third-order valence-corrected chi connectivity index (χ3v) is 6.09. The van der Waals surface area contributed by atoms with Gasteiger partial charge in [-0.15, -0.1) is 11.8 Å². The Labute approximate surface area is 187 Å². The highest BCUT2D eigenvalue weighted by molar-refractivity contribution is 7.98. The Kier molecular flexibility index (Phi) is 8.06. The molecule has 0 radical (unpaired) electrons. The molecule has 0 atom stereocenters. The van der Waals surface area contributed by atoms with E-state index in [1.54, 1.807) is 37.0 Å². The second kappa shape index (κ2) is 11.0. The molecule has 0 amide bonds. The van der Waals surface area contributed by atoms with Gasteiger partial charge in [0, 0.05) is 28.5 Å². The molecule has 3 rings (SSSR count). The summed E-state index contributed by atoms with van der Waals surface area (Å²) in [7, 11) is 0. The van der Waals surface area contributed by atoms with E-state index >= 15 is 4.39 Å². The highest BCUT2D eigenvalue weighted by Gasteiger charge is 2.26. The van der Waals surface area contributed by atoms with Gasteiger partial charge in [-0.3, -0.25) is 4.99 Å². The van der Waals surface area contributed by atoms with E-state index in [1.807, 2.05) is 36.6 Å². The summed E-state index contributed by atoms with van der Waals surface area (Å²) in [5.41, 5.74) is 8.27. The van der Waals surface area contributed by atoms with Gasteiger partial charge in [0.15, 0.2) is 11.6 Å². The monoisotopic (exact) mass is 437 g/mol. The quantitative estimate of drug-likeness (QED) is 0.360. The van der Waals surface area contributed by atoms with Gasteiger partial charge in [0.2, 0.25) is 0 Å². The third kappa shape index (κ3) is 5.64. The molecule has 2 aromatic carbocycles. The van der Waals surface area contributed by atoms with Crippen molar-refractivity contribution in [2.45, 2.75) is 37.0 Å². The van der Waals surface area contributed by atoms with E-state index in [0.717, 1.165) is 35.4 Å². The Balaban J connectivity index is 1.82. The van der Waals surface area contributed by atoms with Crippen molar-refractivity contribution < 1.29 is 9.13 Å².